The molecule has 0 fully saturated rings. The zero-order valence-corrected chi connectivity index (χ0v) is 12.5. The third kappa shape index (κ3) is 3.53. The molecule has 0 aliphatic heterocycles. The maximum Gasteiger partial charge on any atom is 0.193 e. The molecule has 0 amide bonds. The smallest absolute Gasteiger partial charge is 0.193 e. The van der Waals surface area contributed by atoms with Gasteiger partial charge in [0.2, 0.25) is 0 Å². The van der Waals surface area contributed by atoms with E-state index >= 15 is 0 Å². The Morgan fingerprint density at radius 2 is 1.52 bits per heavy atom. The molecule has 104 valence electrons. The predicted octanol–water partition coefficient (Wildman–Crippen LogP) is 4.84. The van der Waals surface area contributed by atoms with Crippen LogP contribution < -0.4 is 0 Å². The van der Waals surface area contributed by atoms with Crippen molar-refractivity contribution in [2.45, 2.75) is 12.2 Å². The Morgan fingerprint density at radius 1 is 0.810 bits per heavy atom. The first kappa shape index (κ1) is 13.9. The number of carbonyl (C=O) groups is 1. The monoisotopic (exact) mass is 292 g/mol. The summed E-state index contributed by atoms with van der Waals surface area (Å²) in [6.45, 7) is 0. The van der Waals surface area contributed by atoms with Crippen LogP contribution in [0.5, 0.6) is 0 Å². The van der Waals surface area contributed by atoms with Crippen molar-refractivity contribution < 1.29 is 4.79 Å². The first-order valence-electron chi connectivity index (χ1n) is 6.99. The van der Waals surface area contributed by atoms with Crippen LogP contribution in [0.3, 0.4) is 0 Å². The molecule has 0 N–H and O–H groups in total. The van der Waals surface area contributed by atoms with E-state index in [1.165, 1.54) is 28.1 Å². The Bertz CT molecular complexity index is 744. The Morgan fingerprint density at radius 3 is 2.38 bits per heavy atom. The molecule has 3 aromatic rings. The molecule has 0 bridgehead atoms. The van der Waals surface area contributed by atoms with E-state index in [4.69, 9.17) is 0 Å². The van der Waals surface area contributed by atoms with E-state index in [-0.39, 0.29) is 5.12 Å². The molecule has 0 spiro atoms. The van der Waals surface area contributed by atoms with Crippen LogP contribution in [-0.4, -0.2) is 5.12 Å². The van der Waals surface area contributed by atoms with E-state index in [2.05, 4.69) is 30.3 Å². The first-order valence-corrected chi connectivity index (χ1v) is 7.98. The molecule has 0 atom stereocenters. The van der Waals surface area contributed by atoms with Gasteiger partial charge in [0.15, 0.2) is 5.12 Å². The van der Waals surface area contributed by atoms with E-state index < -0.39 is 0 Å². The SMILES string of the molecule is O=C(Cc1cccc2ccccc12)SCc1ccccc1. The fourth-order valence-electron chi connectivity index (χ4n) is 2.39. The Kier molecular flexibility index (Phi) is 4.37. The Balaban J connectivity index is 1.69. The summed E-state index contributed by atoms with van der Waals surface area (Å²) in [5, 5.41) is 2.58. The summed E-state index contributed by atoms with van der Waals surface area (Å²) in [5.74, 6) is 0.741. The molecule has 21 heavy (non-hydrogen) atoms. The normalized spacial score (nSPS) is 10.7. The summed E-state index contributed by atoms with van der Waals surface area (Å²) in [6.07, 6.45) is 0.485. The van der Waals surface area contributed by atoms with Gasteiger partial charge in [-0.05, 0) is 21.9 Å². The van der Waals surface area contributed by atoms with E-state index in [1.54, 1.807) is 0 Å². The molecule has 0 aliphatic carbocycles. The van der Waals surface area contributed by atoms with Gasteiger partial charge in [-0.25, -0.2) is 0 Å². The number of carbonyl (C=O) groups excluding carboxylic acids is 1. The third-order valence-corrected chi connectivity index (χ3v) is 4.40. The summed E-state index contributed by atoms with van der Waals surface area (Å²) in [7, 11) is 0. The van der Waals surface area contributed by atoms with E-state index in [9.17, 15) is 4.79 Å². The first-order chi connectivity index (χ1) is 10.3. The van der Waals surface area contributed by atoms with Gasteiger partial charge in [0.05, 0.1) is 0 Å². The van der Waals surface area contributed by atoms with Crippen LogP contribution in [0.2, 0.25) is 0 Å². The molecule has 0 aliphatic rings. The number of fused-ring (bicyclic) bond motifs is 1. The summed E-state index contributed by atoms with van der Waals surface area (Å²) < 4.78 is 0. The van der Waals surface area contributed by atoms with E-state index in [1.807, 2.05) is 42.5 Å². The maximum atomic E-state index is 12.2. The van der Waals surface area contributed by atoms with Crippen molar-refractivity contribution in [3.05, 3.63) is 83.9 Å². The second kappa shape index (κ2) is 6.59. The van der Waals surface area contributed by atoms with Crippen LogP contribution in [0.1, 0.15) is 11.1 Å². The highest BCUT2D eigenvalue weighted by atomic mass is 32.2. The molecule has 0 saturated carbocycles. The number of rotatable bonds is 4. The second-order valence-electron chi connectivity index (χ2n) is 4.96. The predicted molar refractivity (Wildman–Crippen MR) is 90.4 cm³/mol. The minimum absolute atomic E-state index is 0.218. The fraction of sp³-hybridized carbons (Fsp3) is 0.105. The summed E-state index contributed by atoms with van der Waals surface area (Å²) in [4.78, 5) is 12.2. The molecule has 3 rings (SSSR count). The quantitative estimate of drug-likeness (QED) is 0.684. The largest absolute Gasteiger partial charge is 0.287 e. The van der Waals surface area contributed by atoms with Crippen molar-refractivity contribution in [1.82, 2.24) is 0 Å². The molecule has 0 heterocycles. The molecular weight excluding hydrogens is 276 g/mol. The second-order valence-corrected chi connectivity index (χ2v) is 5.99. The standard InChI is InChI=1S/C19H16OS/c20-19(21-14-15-7-2-1-3-8-15)13-17-11-6-10-16-9-4-5-12-18(16)17/h1-12H,13-14H2. The van der Waals surface area contributed by atoms with Crippen molar-refractivity contribution in [2.24, 2.45) is 0 Å². The summed E-state index contributed by atoms with van der Waals surface area (Å²) in [6, 6.07) is 24.5. The van der Waals surface area contributed by atoms with Crippen LogP contribution in [0.4, 0.5) is 0 Å². The van der Waals surface area contributed by atoms with Crippen LogP contribution in [-0.2, 0) is 17.0 Å². The van der Waals surface area contributed by atoms with E-state index in [0.717, 1.165) is 11.3 Å². The summed E-state index contributed by atoms with van der Waals surface area (Å²) in [5.41, 5.74) is 2.30. The highest BCUT2D eigenvalue weighted by molar-refractivity contribution is 8.12. The zero-order chi connectivity index (χ0) is 14.5. The van der Waals surface area contributed by atoms with Gasteiger partial charge in [-0.15, -0.1) is 0 Å². The molecular formula is C19H16OS. The van der Waals surface area contributed by atoms with Gasteiger partial charge < -0.3 is 0 Å². The van der Waals surface area contributed by atoms with Crippen molar-refractivity contribution in [1.29, 1.82) is 0 Å². The minimum Gasteiger partial charge on any atom is -0.287 e. The van der Waals surface area contributed by atoms with Crippen molar-refractivity contribution in [3.63, 3.8) is 0 Å². The van der Waals surface area contributed by atoms with Gasteiger partial charge >= 0.3 is 0 Å². The van der Waals surface area contributed by atoms with Crippen molar-refractivity contribution in [3.8, 4) is 0 Å². The lowest BCUT2D eigenvalue weighted by Crippen LogP contribution is -1.99. The highest BCUT2D eigenvalue weighted by Crippen LogP contribution is 2.22. The molecule has 0 unspecified atom stereocenters. The van der Waals surface area contributed by atoms with E-state index in [0.29, 0.717) is 6.42 Å². The van der Waals surface area contributed by atoms with Crippen LogP contribution in [0, 0.1) is 0 Å². The van der Waals surface area contributed by atoms with Gasteiger partial charge in [-0.3, -0.25) is 4.79 Å². The van der Waals surface area contributed by atoms with Gasteiger partial charge in [-0.1, -0.05) is 84.6 Å². The van der Waals surface area contributed by atoms with Crippen molar-refractivity contribution in [2.75, 3.05) is 0 Å². The number of hydrogen-bond acceptors (Lipinski definition) is 2. The van der Waals surface area contributed by atoms with Crippen molar-refractivity contribution >= 4 is 27.6 Å². The minimum atomic E-state index is 0.218. The van der Waals surface area contributed by atoms with Crippen LogP contribution in [0.25, 0.3) is 10.8 Å². The lowest BCUT2D eigenvalue weighted by Gasteiger charge is -2.06. The molecule has 3 aromatic carbocycles. The summed E-state index contributed by atoms with van der Waals surface area (Å²) >= 11 is 1.39. The average Bonchev–Trinajstić information content (AvgIpc) is 2.54. The average molecular weight is 292 g/mol. The third-order valence-electron chi connectivity index (χ3n) is 3.46. The number of hydrogen-bond donors (Lipinski definition) is 0. The molecule has 1 nitrogen and oxygen atoms in total. The van der Waals surface area contributed by atoms with Gasteiger partial charge in [0, 0.05) is 12.2 Å². The van der Waals surface area contributed by atoms with Gasteiger partial charge in [0.1, 0.15) is 0 Å². The Labute approximate surface area is 129 Å². The van der Waals surface area contributed by atoms with Gasteiger partial charge in [-0.2, -0.15) is 0 Å². The lowest BCUT2D eigenvalue weighted by molar-refractivity contribution is -0.110. The topological polar surface area (TPSA) is 17.1 Å². The number of benzene rings is 3. The number of thioether (sulfide) groups is 1. The maximum absolute atomic E-state index is 12.2. The van der Waals surface area contributed by atoms with Gasteiger partial charge in [0.25, 0.3) is 0 Å². The fourth-order valence-corrected chi connectivity index (χ4v) is 3.17. The molecule has 0 saturated heterocycles. The molecule has 0 radical (unpaired) electrons. The van der Waals surface area contributed by atoms with Crippen LogP contribution in [0.15, 0.2) is 72.8 Å². The zero-order valence-electron chi connectivity index (χ0n) is 11.7. The van der Waals surface area contributed by atoms with Crippen LogP contribution >= 0.6 is 11.8 Å². The molecule has 2 heteroatoms. The highest BCUT2D eigenvalue weighted by Gasteiger charge is 2.07. The Hall–Kier alpha value is -2.06. The lowest BCUT2D eigenvalue weighted by atomic mass is 10.0. The molecule has 0 aromatic heterocycles.